The van der Waals surface area contributed by atoms with E-state index in [1.165, 1.54) is 11.3 Å². The van der Waals surface area contributed by atoms with Crippen molar-refractivity contribution in [2.24, 2.45) is 0 Å². The van der Waals surface area contributed by atoms with Crippen molar-refractivity contribution in [2.45, 2.75) is 19.8 Å². The fraction of sp³-hybridized carbons (Fsp3) is 0.250. The zero-order chi connectivity index (χ0) is 14.8. The maximum atomic E-state index is 12.5. The van der Waals surface area contributed by atoms with E-state index >= 15 is 0 Å². The third kappa shape index (κ3) is 3.01. The largest absolute Gasteiger partial charge is 0.308 e. The highest BCUT2D eigenvalue weighted by molar-refractivity contribution is 7.07. The molecule has 3 nitrogen and oxygen atoms in total. The minimum atomic E-state index is -0.00521. The summed E-state index contributed by atoms with van der Waals surface area (Å²) in [6.45, 7) is 2.75. The first kappa shape index (κ1) is 14.3. The summed E-state index contributed by atoms with van der Waals surface area (Å²) in [7, 11) is 0. The average Bonchev–Trinajstić information content (AvgIpc) is 2.97. The third-order valence-electron chi connectivity index (χ3n) is 3.56. The van der Waals surface area contributed by atoms with Crippen LogP contribution in [0.5, 0.6) is 0 Å². The fourth-order valence-electron chi connectivity index (χ4n) is 2.69. The van der Waals surface area contributed by atoms with Gasteiger partial charge in [-0.25, -0.2) is 4.98 Å². The van der Waals surface area contributed by atoms with Gasteiger partial charge in [0.2, 0.25) is 0 Å². The molecule has 21 heavy (non-hydrogen) atoms. The van der Waals surface area contributed by atoms with Crippen LogP contribution >= 0.6 is 22.9 Å². The summed E-state index contributed by atoms with van der Waals surface area (Å²) in [6, 6.07) is 3.88. The van der Waals surface area contributed by atoms with E-state index in [-0.39, 0.29) is 5.91 Å². The van der Waals surface area contributed by atoms with Crippen molar-refractivity contribution >= 4 is 40.6 Å². The zero-order valence-electron chi connectivity index (χ0n) is 11.7. The summed E-state index contributed by atoms with van der Waals surface area (Å²) < 4.78 is 0. The number of benzene rings is 1. The van der Waals surface area contributed by atoms with Crippen LogP contribution in [-0.2, 0) is 11.2 Å². The Bertz CT molecular complexity index is 695. The number of anilines is 1. The van der Waals surface area contributed by atoms with Gasteiger partial charge in [-0.05, 0) is 49.1 Å². The lowest BCUT2D eigenvalue weighted by Gasteiger charge is -2.30. The number of amides is 1. The van der Waals surface area contributed by atoms with Crippen LogP contribution in [0.2, 0.25) is 5.02 Å². The van der Waals surface area contributed by atoms with E-state index in [1.54, 1.807) is 17.7 Å². The minimum Gasteiger partial charge on any atom is -0.308 e. The molecule has 108 valence electrons. The number of nitrogens with zero attached hydrogens (tertiary/aromatic N) is 2. The molecule has 2 heterocycles. The highest BCUT2D eigenvalue weighted by Gasteiger charge is 2.23. The Kier molecular flexibility index (Phi) is 4.08. The molecule has 0 N–H and O–H groups in total. The average molecular weight is 319 g/mol. The van der Waals surface area contributed by atoms with E-state index in [0.29, 0.717) is 0 Å². The molecule has 1 aliphatic heterocycles. The molecule has 1 aromatic heterocycles. The zero-order valence-corrected chi connectivity index (χ0v) is 13.2. The van der Waals surface area contributed by atoms with Crippen molar-refractivity contribution in [3.63, 3.8) is 0 Å². The van der Waals surface area contributed by atoms with Crippen molar-refractivity contribution in [3.8, 4) is 0 Å². The number of thiazole rings is 1. The lowest BCUT2D eigenvalue weighted by Crippen LogP contribution is -2.34. The SMILES string of the molecule is Cc1cc(Cl)cc2c1N(C(=O)/C=C/c1cscn1)CCC2. The molecule has 0 saturated carbocycles. The molecule has 0 bridgehead atoms. The third-order valence-corrected chi connectivity index (χ3v) is 4.38. The van der Waals surface area contributed by atoms with Crippen LogP contribution < -0.4 is 4.90 Å². The van der Waals surface area contributed by atoms with Gasteiger partial charge in [-0.15, -0.1) is 11.3 Å². The van der Waals surface area contributed by atoms with Gasteiger partial charge in [-0.2, -0.15) is 0 Å². The summed E-state index contributed by atoms with van der Waals surface area (Å²) in [4.78, 5) is 18.5. The number of rotatable bonds is 2. The number of aryl methyl sites for hydroxylation is 2. The van der Waals surface area contributed by atoms with Crippen molar-refractivity contribution in [1.82, 2.24) is 4.98 Å². The Morgan fingerprint density at radius 1 is 1.48 bits per heavy atom. The van der Waals surface area contributed by atoms with Crippen molar-refractivity contribution in [2.75, 3.05) is 11.4 Å². The van der Waals surface area contributed by atoms with E-state index in [4.69, 9.17) is 11.6 Å². The molecule has 5 heteroatoms. The molecule has 0 spiro atoms. The maximum Gasteiger partial charge on any atom is 0.251 e. The summed E-state index contributed by atoms with van der Waals surface area (Å²) in [5.74, 6) is -0.00521. The summed E-state index contributed by atoms with van der Waals surface area (Å²) >= 11 is 7.63. The molecular formula is C16H15ClN2OS. The summed E-state index contributed by atoms with van der Waals surface area (Å²) in [5, 5.41) is 2.65. The number of carbonyl (C=O) groups is 1. The normalized spacial score (nSPS) is 14.5. The van der Waals surface area contributed by atoms with Gasteiger partial charge >= 0.3 is 0 Å². The number of hydrogen-bond donors (Lipinski definition) is 0. The first-order valence-corrected chi connectivity index (χ1v) is 8.14. The predicted molar refractivity (Wildman–Crippen MR) is 88.0 cm³/mol. The molecule has 0 saturated heterocycles. The van der Waals surface area contributed by atoms with Gasteiger partial charge in [0.25, 0.3) is 5.91 Å². The van der Waals surface area contributed by atoms with Gasteiger partial charge in [0, 0.05) is 23.0 Å². The van der Waals surface area contributed by atoms with Crippen molar-refractivity contribution in [3.05, 3.63) is 50.9 Å². The molecule has 2 aromatic rings. The standard InChI is InChI=1S/C16H15ClN2OS/c1-11-7-13(17)8-12-3-2-6-19(16(11)12)15(20)5-4-14-9-21-10-18-14/h4-5,7-10H,2-3,6H2,1H3/b5-4+. The quantitative estimate of drug-likeness (QED) is 0.781. The van der Waals surface area contributed by atoms with Gasteiger partial charge in [-0.3, -0.25) is 4.79 Å². The van der Waals surface area contributed by atoms with Crippen molar-refractivity contribution in [1.29, 1.82) is 0 Å². The monoisotopic (exact) mass is 318 g/mol. The number of fused-ring (bicyclic) bond motifs is 1. The van der Waals surface area contributed by atoms with E-state index in [9.17, 15) is 4.79 Å². The van der Waals surface area contributed by atoms with E-state index in [2.05, 4.69) is 4.98 Å². The van der Waals surface area contributed by atoms with Crippen LogP contribution in [0.1, 0.15) is 23.2 Å². The van der Waals surface area contributed by atoms with Gasteiger partial charge in [-0.1, -0.05) is 11.6 Å². The second-order valence-corrected chi connectivity index (χ2v) is 6.23. The van der Waals surface area contributed by atoms with E-state index < -0.39 is 0 Å². The Morgan fingerprint density at radius 2 is 2.33 bits per heavy atom. The molecule has 0 unspecified atom stereocenters. The van der Waals surface area contributed by atoms with Gasteiger partial charge in [0.1, 0.15) is 0 Å². The lowest BCUT2D eigenvalue weighted by atomic mass is 9.98. The van der Waals surface area contributed by atoms with Gasteiger partial charge < -0.3 is 4.90 Å². The Labute approximate surface area is 132 Å². The molecule has 1 aliphatic rings. The van der Waals surface area contributed by atoms with Crippen molar-refractivity contribution < 1.29 is 4.79 Å². The minimum absolute atomic E-state index is 0.00521. The molecule has 0 aliphatic carbocycles. The molecule has 1 aromatic carbocycles. The second-order valence-electron chi connectivity index (χ2n) is 5.07. The van der Waals surface area contributed by atoms with Crippen LogP contribution in [0.15, 0.2) is 29.1 Å². The Balaban J connectivity index is 1.89. The van der Waals surface area contributed by atoms with Crippen LogP contribution in [0.25, 0.3) is 6.08 Å². The van der Waals surface area contributed by atoms with Crippen LogP contribution in [0.3, 0.4) is 0 Å². The van der Waals surface area contributed by atoms with E-state index in [1.807, 2.05) is 29.3 Å². The fourth-order valence-corrected chi connectivity index (χ4v) is 3.51. The smallest absolute Gasteiger partial charge is 0.251 e. The molecule has 0 fully saturated rings. The summed E-state index contributed by atoms with van der Waals surface area (Å²) in [5.41, 5.74) is 5.79. The van der Waals surface area contributed by atoms with Crippen LogP contribution in [-0.4, -0.2) is 17.4 Å². The van der Waals surface area contributed by atoms with E-state index in [0.717, 1.165) is 46.9 Å². The lowest BCUT2D eigenvalue weighted by molar-refractivity contribution is -0.114. The first-order chi connectivity index (χ1) is 10.1. The summed E-state index contributed by atoms with van der Waals surface area (Å²) in [6.07, 6.45) is 5.29. The molecular weight excluding hydrogens is 304 g/mol. The predicted octanol–water partition coefficient (Wildman–Crippen LogP) is 4.10. The second kappa shape index (κ2) is 6.00. The number of hydrogen-bond acceptors (Lipinski definition) is 3. The highest BCUT2D eigenvalue weighted by atomic mass is 35.5. The number of aromatic nitrogens is 1. The van der Waals surface area contributed by atoms with Gasteiger partial charge in [0.15, 0.2) is 0 Å². The van der Waals surface area contributed by atoms with Crippen LogP contribution in [0.4, 0.5) is 5.69 Å². The number of carbonyl (C=O) groups excluding carboxylic acids is 1. The van der Waals surface area contributed by atoms with Crippen LogP contribution in [0, 0.1) is 6.92 Å². The molecule has 0 radical (unpaired) electrons. The Morgan fingerprint density at radius 3 is 3.10 bits per heavy atom. The molecule has 0 atom stereocenters. The number of halogens is 1. The molecule has 1 amide bonds. The first-order valence-electron chi connectivity index (χ1n) is 6.82. The topological polar surface area (TPSA) is 33.2 Å². The maximum absolute atomic E-state index is 12.5. The highest BCUT2D eigenvalue weighted by Crippen LogP contribution is 2.33. The van der Waals surface area contributed by atoms with Gasteiger partial charge in [0.05, 0.1) is 16.9 Å². The molecule has 3 rings (SSSR count). The Hall–Kier alpha value is -1.65.